The molecule has 1 aromatic rings. The number of amides is 3. The summed E-state index contributed by atoms with van der Waals surface area (Å²) in [7, 11) is 0. The largest absolute Gasteiger partial charge is 0.477 e. The molecule has 0 bridgehead atoms. The summed E-state index contributed by atoms with van der Waals surface area (Å²) in [5.41, 5.74) is 4.49. The molecule has 1 saturated carbocycles. The summed E-state index contributed by atoms with van der Waals surface area (Å²) in [6.45, 7) is 16.2. The van der Waals surface area contributed by atoms with Gasteiger partial charge in [-0.1, -0.05) is 48.0 Å². The molecule has 0 aliphatic heterocycles. The molecular formula is C28H47N5O5. The van der Waals surface area contributed by atoms with E-state index >= 15 is 0 Å². The van der Waals surface area contributed by atoms with Gasteiger partial charge in [0.2, 0.25) is 11.8 Å². The molecule has 2 unspecified atom stereocenters. The van der Waals surface area contributed by atoms with E-state index in [1.807, 2.05) is 40.7 Å². The van der Waals surface area contributed by atoms with Crippen molar-refractivity contribution in [3.63, 3.8) is 0 Å². The van der Waals surface area contributed by atoms with E-state index < -0.39 is 17.2 Å². The van der Waals surface area contributed by atoms with Crippen LogP contribution in [0.1, 0.15) is 97.9 Å². The van der Waals surface area contributed by atoms with Crippen molar-refractivity contribution in [2.45, 2.75) is 105 Å². The summed E-state index contributed by atoms with van der Waals surface area (Å²) in [5.74, 6) is 0.444. The minimum atomic E-state index is -0.763. The Labute approximate surface area is 227 Å². The normalized spacial score (nSPS) is 23.9. The molecule has 0 aromatic carbocycles. The number of ether oxygens (including phenoxy) is 2. The number of hydrogen-bond acceptors (Lipinski definition) is 6. The monoisotopic (exact) mass is 533 g/mol. The third kappa shape index (κ3) is 8.23. The van der Waals surface area contributed by atoms with Crippen molar-refractivity contribution >= 4 is 24.1 Å². The standard InChI is InChI=1S/C28H47N5O5/c1-9-20-15-28(11-3,38-26(29)36)14-19(6)23(20)31-24(35)21-16-30-33(25(21)37-17-18(4)5)13-12-27(7,8)32-22(34)10-2/h12-13,16,18-20,23H,9-11,14-15,17H2,1-8H3,(H2,29,36)(H,31,35)(H,32,34)/b13-12+/t19?,20?,23-,28+/m0/s1. The van der Waals surface area contributed by atoms with Crippen LogP contribution in [0.15, 0.2) is 12.3 Å². The first-order valence-corrected chi connectivity index (χ1v) is 13.8. The Kier molecular flexibility index (Phi) is 10.8. The fraction of sp³-hybridized carbons (Fsp3) is 0.714. The zero-order chi connectivity index (χ0) is 28.7. The summed E-state index contributed by atoms with van der Waals surface area (Å²) >= 11 is 0. The number of carbonyl (C=O) groups is 3. The van der Waals surface area contributed by atoms with Crippen molar-refractivity contribution < 1.29 is 23.9 Å². The molecule has 10 heteroatoms. The maximum Gasteiger partial charge on any atom is 0.405 e. The molecule has 4 atom stereocenters. The van der Waals surface area contributed by atoms with Crippen LogP contribution in [0.3, 0.4) is 0 Å². The second kappa shape index (κ2) is 13.2. The van der Waals surface area contributed by atoms with E-state index in [2.05, 4.69) is 29.6 Å². The lowest BCUT2D eigenvalue weighted by Crippen LogP contribution is -2.54. The molecular weight excluding hydrogens is 486 g/mol. The van der Waals surface area contributed by atoms with Gasteiger partial charge in [-0.05, 0) is 56.9 Å². The molecule has 1 aliphatic carbocycles. The van der Waals surface area contributed by atoms with Gasteiger partial charge in [0.25, 0.3) is 5.91 Å². The van der Waals surface area contributed by atoms with Crippen LogP contribution in [-0.2, 0) is 9.53 Å². The lowest BCUT2D eigenvalue weighted by Gasteiger charge is -2.47. The maximum absolute atomic E-state index is 13.6. The predicted octanol–water partition coefficient (Wildman–Crippen LogP) is 4.49. The van der Waals surface area contributed by atoms with Crippen molar-refractivity contribution in [1.82, 2.24) is 20.4 Å². The molecule has 10 nitrogen and oxygen atoms in total. The van der Waals surface area contributed by atoms with Gasteiger partial charge >= 0.3 is 6.09 Å². The number of rotatable bonds is 12. The smallest absolute Gasteiger partial charge is 0.405 e. The molecule has 214 valence electrons. The Morgan fingerprint density at radius 2 is 1.95 bits per heavy atom. The first-order chi connectivity index (χ1) is 17.8. The molecule has 1 aliphatic rings. The molecule has 2 rings (SSSR count). The molecule has 3 amide bonds. The Bertz CT molecular complexity index is 1000. The molecule has 0 spiro atoms. The van der Waals surface area contributed by atoms with Crippen LogP contribution in [0.4, 0.5) is 4.79 Å². The van der Waals surface area contributed by atoms with Crippen molar-refractivity contribution in [1.29, 1.82) is 0 Å². The van der Waals surface area contributed by atoms with Gasteiger partial charge in [0.1, 0.15) is 11.2 Å². The Morgan fingerprint density at radius 3 is 2.50 bits per heavy atom. The van der Waals surface area contributed by atoms with Crippen molar-refractivity contribution in [2.75, 3.05) is 6.61 Å². The van der Waals surface area contributed by atoms with E-state index in [0.29, 0.717) is 43.7 Å². The molecule has 38 heavy (non-hydrogen) atoms. The minimum Gasteiger partial charge on any atom is -0.477 e. The Morgan fingerprint density at radius 1 is 1.26 bits per heavy atom. The van der Waals surface area contributed by atoms with E-state index in [-0.39, 0.29) is 35.6 Å². The van der Waals surface area contributed by atoms with Crippen LogP contribution in [0.2, 0.25) is 0 Å². The van der Waals surface area contributed by atoms with Crippen LogP contribution in [0.5, 0.6) is 5.88 Å². The zero-order valence-corrected chi connectivity index (χ0v) is 24.3. The molecule has 0 radical (unpaired) electrons. The van der Waals surface area contributed by atoms with Gasteiger partial charge in [-0.3, -0.25) is 9.59 Å². The SMILES string of the molecule is CCC(=O)NC(C)(C)/C=C/n1ncc(C(=O)N[C@H]2C(C)C[C@@](CC)(OC(N)=O)CC2CC)c1OCC(C)C. The van der Waals surface area contributed by atoms with Gasteiger partial charge in [0.15, 0.2) is 0 Å². The lowest BCUT2D eigenvalue weighted by molar-refractivity contribution is -0.121. The molecule has 1 aromatic heterocycles. The van der Waals surface area contributed by atoms with Gasteiger partial charge in [0, 0.05) is 18.7 Å². The quantitative estimate of drug-likeness (QED) is 0.362. The second-order valence-electron chi connectivity index (χ2n) is 11.5. The summed E-state index contributed by atoms with van der Waals surface area (Å²) < 4.78 is 13.2. The summed E-state index contributed by atoms with van der Waals surface area (Å²) in [5, 5.41) is 10.6. The number of aromatic nitrogens is 2. The summed E-state index contributed by atoms with van der Waals surface area (Å²) in [4.78, 5) is 37.0. The van der Waals surface area contributed by atoms with E-state index in [9.17, 15) is 14.4 Å². The summed E-state index contributed by atoms with van der Waals surface area (Å²) in [6, 6.07) is -0.108. The second-order valence-corrected chi connectivity index (χ2v) is 11.5. The number of nitrogens with one attached hydrogen (secondary N) is 2. The number of carbonyl (C=O) groups excluding carboxylic acids is 3. The van der Waals surface area contributed by atoms with Crippen LogP contribution in [0, 0.1) is 17.8 Å². The number of primary amides is 1. The highest BCUT2D eigenvalue weighted by Gasteiger charge is 2.46. The topological polar surface area (TPSA) is 138 Å². The maximum atomic E-state index is 13.6. The lowest BCUT2D eigenvalue weighted by atomic mass is 9.68. The molecule has 0 saturated heterocycles. The molecule has 1 heterocycles. The van der Waals surface area contributed by atoms with Crippen molar-refractivity contribution in [2.24, 2.45) is 23.5 Å². The van der Waals surface area contributed by atoms with Crippen LogP contribution in [0.25, 0.3) is 6.20 Å². The van der Waals surface area contributed by atoms with Crippen molar-refractivity contribution in [3.8, 4) is 5.88 Å². The zero-order valence-electron chi connectivity index (χ0n) is 24.3. The van der Waals surface area contributed by atoms with Gasteiger partial charge in [-0.25, -0.2) is 9.48 Å². The average molecular weight is 534 g/mol. The van der Waals surface area contributed by atoms with Gasteiger partial charge in [-0.2, -0.15) is 5.10 Å². The Balaban J connectivity index is 2.30. The third-order valence-corrected chi connectivity index (χ3v) is 7.20. The highest BCUT2D eigenvalue weighted by Crippen LogP contribution is 2.42. The van der Waals surface area contributed by atoms with E-state index in [0.717, 1.165) is 6.42 Å². The minimum absolute atomic E-state index is 0.0585. The van der Waals surface area contributed by atoms with Crippen LogP contribution >= 0.6 is 0 Å². The fourth-order valence-electron chi connectivity index (χ4n) is 5.16. The van der Waals surface area contributed by atoms with E-state index in [4.69, 9.17) is 15.2 Å². The predicted molar refractivity (Wildman–Crippen MR) is 148 cm³/mol. The van der Waals surface area contributed by atoms with Gasteiger partial charge in [0.05, 0.1) is 18.3 Å². The van der Waals surface area contributed by atoms with E-state index in [1.165, 1.54) is 10.9 Å². The van der Waals surface area contributed by atoms with E-state index in [1.54, 1.807) is 13.1 Å². The van der Waals surface area contributed by atoms with Crippen molar-refractivity contribution in [3.05, 3.63) is 17.8 Å². The van der Waals surface area contributed by atoms with Gasteiger partial charge in [-0.15, -0.1) is 0 Å². The molecule has 4 N–H and O–H groups in total. The first-order valence-electron chi connectivity index (χ1n) is 13.8. The highest BCUT2D eigenvalue weighted by atomic mass is 16.6. The fourth-order valence-corrected chi connectivity index (χ4v) is 5.16. The van der Waals surface area contributed by atoms with Crippen LogP contribution < -0.4 is 21.1 Å². The number of nitrogens with two attached hydrogens (primary N) is 1. The molecule has 1 fully saturated rings. The number of nitrogens with zero attached hydrogens (tertiary/aromatic N) is 2. The first kappa shape index (κ1) is 31.2. The third-order valence-electron chi connectivity index (χ3n) is 7.20. The van der Waals surface area contributed by atoms with Gasteiger partial charge < -0.3 is 25.8 Å². The highest BCUT2D eigenvalue weighted by molar-refractivity contribution is 5.96. The average Bonchev–Trinajstić information content (AvgIpc) is 3.25. The number of hydrogen-bond donors (Lipinski definition) is 3. The summed E-state index contributed by atoms with van der Waals surface area (Å²) in [6.07, 6.45) is 7.39. The van der Waals surface area contributed by atoms with Crippen LogP contribution in [-0.4, -0.2) is 51.5 Å². The Hall–Kier alpha value is -3.04.